The Morgan fingerprint density at radius 1 is 1.13 bits per heavy atom. The summed E-state index contributed by atoms with van der Waals surface area (Å²) in [6.07, 6.45) is 0.0221. The van der Waals surface area contributed by atoms with Gasteiger partial charge in [0.15, 0.2) is 6.29 Å². The number of aromatic nitrogens is 1. The highest BCUT2D eigenvalue weighted by atomic mass is 16.7. The first-order valence-electron chi connectivity index (χ1n) is 10.3. The van der Waals surface area contributed by atoms with Gasteiger partial charge in [0, 0.05) is 30.2 Å². The van der Waals surface area contributed by atoms with Gasteiger partial charge >= 0.3 is 6.09 Å². The summed E-state index contributed by atoms with van der Waals surface area (Å²) in [7, 11) is 0. The molecule has 0 radical (unpaired) electrons. The first-order valence-corrected chi connectivity index (χ1v) is 10.3. The molecule has 160 valence electrons. The first kappa shape index (κ1) is 20.6. The van der Waals surface area contributed by atoms with Crippen LogP contribution in [0.2, 0.25) is 0 Å². The molecule has 0 unspecified atom stereocenters. The number of hydrogen-bond acceptors (Lipinski definition) is 6. The fraction of sp³-hybridized carbons (Fsp3) is 0.478. The lowest BCUT2D eigenvalue weighted by Crippen LogP contribution is -2.36. The van der Waals surface area contributed by atoms with Gasteiger partial charge in [-0.3, -0.25) is 0 Å². The van der Waals surface area contributed by atoms with Crippen LogP contribution in [0, 0.1) is 0 Å². The molecule has 7 nitrogen and oxygen atoms in total. The van der Waals surface area contributed by atoms with E-state index in [0.29, 0.717) is 32.2 Å². The van der Waals surface area contributed by atoms with Gasteiger partial charge < -0.3 is 23.8 Å². The quantitative estimate of drug-likeness (QED) is 0.750. The first-order chi connectivity index (χ1) is 14.4. The fourth-order valence-corrected chi connectivity index (χ4v) is 3.52. The summed E-state index contributed by atoms with van der Waals surface area (Å²) >= 11 is 0. The summed E-state index contributed by atoms with van der Waals surface area (Å²) in [6.45, 7) is 7.92. The van der Waals surface area contributed by atoms with Crippen LogP contribution in [-0.2, 0) is 14.2 Å². The van der Waals surface area contributed by atoms with Gasteiger partial charge in [-0.05, 0) is 32.9 Å². The van der Waals surface area contributed by atoms with Crippen molar-refractivity contribution in [2.45, 2.75) is 45.2 Å². The molecular weight excluding hydrogens is 384 g/mol. The average Bonchev–Trinajstić information content (AvgIpc) is 3.39. The second-order valence-electron chi connectivity index (χ2n) is 8.51. The second-order valence-corrected chi connectivity index (χ2v) is 8.51. The molecule has 0 N–H and O–H groups in total. The van der Waals surface area contributed by atoms with Crippen LogP contribution in [0.15, 0.2) is 42.5 Å². The zero-order valence-corrected chi connectivity index (χ0v) is 17.7. The number of hydrogen-bond donors (Lipinski definition) is 0. The third kappa shape index (κ3) is 5.09. The summed E-state index contributed by atoms with van der Waals surface area (Å²) in [6, 6.07) is 13.7. The van der Waals surface area contributed by atoms with Crippen LogP contribution < -0.4 is 4.74 Å². The number of benzene rings is 1. The SMILES string of the molecule is CC(C)(C)OC(=O)N1CC[C@@H](Oc2cccc(-c3cccc(C4OCCO4)c3)n2)C1. The molecule has 2 aliphatic heterocycles. The van der Waals surface area contributed by atoms with Gasteiger partial charge in [0.2, 0.25) is 5.88 Å². The van der Waals surface area contributed by atoms with E-state index >= 15 is 0 Å². The van der Waals surface area contributed by atoms with Crippen molar-refractivity contribution >= 4 is 6.09 Å². The van der Waals surface area contributed by atoms with Gasteiger partial charge in [0.1, 0.15) is 11.7 Å². The van der Waals surface area contributed by atoms with E-state index in [9.17, 15) is 4.79 Å². The zero-order valence-electron chi connectivity index (χ0n) is 17.7. The van der Waals surface area contributed by atoms with E-state index in [2.05, 4.69) is 4.98 Å². The van der Waals surface area contributed by atoms with Crippen molar-refractivity contribution in [2.75, 3.05) is 26.3 Å². The smallest absolute Gasteiger partial charge is 0.410 e. The molecule has 2 aliphatic rings. The zero-order chi connectivity index (χ0) is 21.1. The molecule has 1 amide bonds. The highest BCUT2D eigenvalue weighted by molar-refractivity contribution is 5.68. The topological polar surface area (TPSA) is 70.1 Å². The molecule has 0 aliphatic carbocycles. The van der Waals surface area contributed by atoms with Crippen molar-refractivity contribution in [2.24, 2.45) is 0 Å². The molecule has 0 spiro atoms. The Labute approximate surface area is 176 Å². The Morgan fingerprint density at radius 2 is 1.90 bits per heavy atom. The number of pyridine rings is 1. The molecule has 2 fully saturated rings. The molecule has 0 bridgehead atoms. The third-order valence-corrected chi connectivity index (χ3v) is 4.88. The van der Waals surface area contributed by atoms with Crippen LogP contribution in [-0.4, -0.2) is 54.0 Å². The van der Waals surface area contributed by atoms with E-state index in [0.717, 1.165) is 23.2 Å². The summed E-state index contributed by atoms with van der Waals surface area (Å²) < 4.78 is 22.7. The fourth-order valence-electron chi connectivity index (χ4n) is 3.52. The van der Waals surface area contributed by atoms with Crippen LogP contribution in [0.25, 0.3) is 11.3 Å². The minimum atomic E-state index is -0.505. The van der Waals surface area contributed by atoms with Crippen LogP contribution in [0.3, 0.4) is 0 Å². The molecular formula is C23H28N2O5. The molecule has 1 atom stereocenters. The van der Waals surface area contributed by atoms with Crippen LogP contribution in [0.5, 0.6) is 5.88 Å². The Balaban J connectivity index is 1.41. The molecule has 2 saturated heterocycles. The lowest BCUT2D eigenvalue weighted by molar-refractivity contribution is -0.0440. The number of nitrogens with zero attached hydrogens (tertiary/aromatic N) is 2. The molecule has 7 heteroatoms. The summed E-state index contributed by atoms with van der Waals surface area (Å²) in [5.41, 5.74) is 2.25. The lowest BCUT2D eigenvalue weighted by Gasteiger charge is -2.24. The third-order valence-electron chi connectivity index (χ3n) is 4.88. The van der Waals surface area contributed by atoms with Gasteiger partial charge in [0.25, 0.3) is 0 Å². The number of rotatable bonds is 4. The Bertz CT molecular complexity index is 889. The predicted octanol–water partition coefficient (Wildman–Crippen LogP) is 4.18. The molecule has 1 aromatic carbocycles. The van der Waals surface area contributed by atoms with Gasteiger partial charge in [-0.15, -0.1) is 0 Å². The molecule has 2 aromatic rings. The maximum atomic E-state index is 12.3. The lowest BCUT2D eigenvalue weighted by atomic mass is 10.1. The molecule has 0 saturated carbocycles. The van der Waals surface area contributed by atoms with Gasteiger partial charge in [-0.1, -0.05) is 24.3 Å². The standard InChI is InChI=1S/C23H28N2O5/c1-23(2,3)30-22(26)25-11-10-18(15-25)29-20-9-5-8-19(24-20)16-6-4-7-17(14-16)21-27-12-13-28-21/h4-9,14,18,21H,10-13,15H2,1-3H3/t18-/m1/s1. The van der Waals surface area contributed by atoms with E-state index in [1.54, 1.807) is 4.90 Å². The van der Waals surface area contributed by atoms with E-state index < -0.39 is 5.60 Å². The van der Waals surface area contributed by atoms with E-state index in [1.165, 1.54) is 0 Å². The van der Waals surface area contributed by atoms with Crippen LogP contribution in [0.1, 0.15) is 39.0 Å². The van der Waals surface area contributed by atoms with E-state index in [-0.39, 0.29) is 18.5 Å². The Kier molecular flexibility index (Phi) is 5.92. The van der Waals surface area contributed by atoms with Gasteiger partial charge in [-0.2, -0.15) is 0 Å². The second kappa shape index (κ2) is 8.62. The predicted molar refractivity (Wildman–Crippen MR) is 111 cm³/mol. The van der Waals surface area contributed by atoms with E-state index in [1.807, 2.05) is 63.2 Å². The van der Waals surface area contributed by atoms with Crippen molar-refractivity contribution in [1.82, 2.24) is 9.88 Å². The van der Waals surface area contributed by atoms with E-state index in [4.69, 9.17) is 18.9 Å². The maximum Gasteiger partial charge on any atom is 0.410 e. The van der Waals surface area contributed by atoms with Crippen LogP contribution in [0.4, 0.5) is 4.79 Å². The Hall–Kier alpha value is -2.64. The molecule has 30 heavy (non-hydrogen) atoms. The average molecular weight is 412 g/mol. The Morgan fingerprint density at radius 3 is 2.67 bits per heavy atom. The number of likely N-dealkylation sites (tertiary alicyclic amines) is 1. The summed E-state index contributed by atoms with van der Waals surface area (Å²) in [5, 5.41) is 0. The minimum absolute atomic E-state index is 0.105. The van der Waals surface area contributed by atoms with Crippen LogP contribution >= 0.6 is 0 Å². The highest BCUT2D eigenvalue weighted by Gasteiger charge is 2.31. The molecule has 1 aromatic heterocycles. The number of amides is 1. The van der Waals surface area contributed by atoms with Crippen molar-refractivity contribution < 1.29 is 23.7 Å². The van der Waals surface area contributed by atoms with Gasteiger partial charge in [-0.25, -0.2) is 9.78 Å². The minimum Gasteiger partial charge on any atom is -0.472 e. The molecule has 3 heterocycles. The van der Waals surface area contributed by atoms with Crippen molar-refractivity contribution in [1.29, 1.82) is 0 Å². The maximum absolute atomic E-state index is 12.3. The molecule has 4 rings (SSSR count). The van der Waals surface area contributed by atoms with Crippen molar-refractivity contribution in [3.05, 3.63) is 48.0 Å². The highest BCUT2D eigenvalue weighted by Crippen LogP contribution is 2.28. The monoisotopic (exact) mass is 412 g/mol. The normalized spacial score (nSPS) is 19.8. The summed E-state index contributed by atoms with van der Waals surface area (Å²) in [5.74, 6) is 0.544. The largest absolute Gasteiger partial charge is 0.472 e. The number of carbonyl (C=O) groups is 1. The van der Waals surface area contributed by atoms with Gasteiger partial charge in [0.05, 0.1) is 25.5 Å². The number of ether oxygens (including phenoxy) is 4. The number of carbonyl (C=O) groups excluding carboxylic acids is 1. The van der Waals surface area contributed by atoms with Crippen molar-refractivity contribution in [3.63, 3.8) is 0 Å². The summed E-state index contributed by atoms with van der Waals surface area (Å²) in [4.78, 5) is 18.6. The van der Waals surface area contributed by atoms with Crippen molar-refractivity contribution in [3.8, 4) is 17.1 Å².